The van der Waals surface area contributed by atoms with Gasteiger partial charge in [0.1, 0.15) is 0 Å². The zero-order chi connectivity index (χ0) is 17.3. The van der Waals surface area contributed by atoms with Crippen LogP contribution in [0, 0.1) is 3.57 Å². The molecule has 2 aliphatic heterocycles. The van der Waals surface area contributed by atoms with Crippen molar-refractivity contribution in [1.82, 2.24) is 0 Å². The number of benzene rings is 1. The van der Waals surface area contributed by atoms with Crippen molar-refractivity contribution in [3.63, 3.8) is 0 Å². The maximum atomic E-state index is 12.1. The minimum Gasteiger partial charge on any atom is -0.316 e. The number of amides is 1. The van der Waals surface area contributed by atoms with Gasteiger partial charge in [-0.25, -0.2) is 8.42 Å². The van der Waals surface area contributed by atoms with E-state index in [4.69, 9.17) is 0 Å². The van der Waals surface area contributed by atoms with E-state index in [2.05, 4.69) is 27.6 Å². The fraction of sp³-hybridized carbons (Fsp3) is 0.500. The highest BCUT2D eigenvalue weighted by Gasteiger charge is 2.49. The largest absolute Gasteiger partial charge is 0.316 e. The van der Waals surface area contributed by atoms with Crippen molar-refractivity contribution in [3.05, 3.63) is 27.8 Å². The van der Waals surface area contributed by atoms with E-state index in [1.807, 2.05) is 36.1 Å². The first kappa shape index (κ1) is 18.2. The van der Waals surface area contributed by atoms with Gasteiger partial charge in [-0.05, 0) is 47.2 Å². The summed E-state index contributed by atoms with van der Waals surface area (Å²) < 4.78 is 25.1. The van der Waals surface area contributed by atoms with E-state index in [9.17, 15) is 13.2 Å². The van der Waals surface area contributed by atoms with Crippen molar-refractivity contribution in [2.45, 2.75) is 37.5 Å². The summed E-state index contributed by atoms with van der Waals surface area (Å²) in [7, 11) is -3.03. The summed E-state index contributed by atoms with van der Waals surface area (Å²) in [6.45, 7) is 2.04. The van der Waals surface area contributed by atoms with E-state index in [1.54, 1.807) is 0 Å². The molecular weight excluding hydrogens is 459 g/mol. The Balaban J connectivity index is 1.94. The number of hydrogen-bond donors (Lipinski definition) is 0. The number of thioether (sulfide) groups is 1. The Morgan fingerprint density at radius 3 is 2.92 bits per heavy atom. The average molecular weight is 478 g/mol. The summed E-state index contributed by atoms with van der Waals surface area (Å²) >= 11 is 3.66. The zero-order valence-corrected chi connectivity index (χ0v) is 17.1. The number of unbranched alkanes of at least 4 members (excludes halogenated alkanes) is 1. The molecular formula is C16H19IN2O3S2. The third-order valence-corrected chi connectivity index (χ3v) is 8.00. The molecule has 0 saturated carbocycles. The predicted molar refractivity (Wildman–Crippen MR) is 107 cm³/mol. The third kappa shape index (κ3) is 3.96. The molecule has 1 aromatic rings. The van der Waals surface area contributed by atoms with Gasteiger partial charge in [-0.1, -0.05) is 31.2 Å². The molecule has 0 bridgehead atoms. The Bertz CT molecular complexity index is 779. The van der Waals surface area contributed by atoms with Gasteiger partial charge in [0.25, 0.3) is 0 Å². The van der Waals surface area contributed by atoms with Crippen LogP contribution in [0.25, 0.3) is 0 Å². The number of sulfone groups is 1. The number of fused-ring (bicyclic) bond motifs is 1. The van der Waals surface area contributed by atoms with Crippen molar-refractivity contribution in [2.24, 2.45) is 4.99 Å². The van der Waals surface area contributed by atoms with Gasteiger partial charge in [0, 0.05) is 20.9 Å². The van der Waals surface area contributed by atoms with Crippen LogP contribution in [0.5, 0.6) is 0 Å². The average Bonchev–Trinajstić information content (AvgIpc) is 2.96. The van der Waals surface area contributed by atoms with Gasteiger partial charge in [0.15, 0.2) is 15.0 Å². The number of rotatable bonds is 4. The predicted octanol–water partition coefficient (Wildman–Crippen LogP) is 3.08. The Morgan fingerprint density at radius 1 is 1.42 bits per heavy atom. The Labute approximate surface area is 160 Å². The number of nitrogens with zero attached hydrogens (tertiary/aromatic N) is 2. The minimum atomic E-state index is -3.03. The van der Waals surface area contributed by atoms with E-state index in [0.29, 0.717) is 11.6 Å². The molecule has 2 saturated heterocycles. The van der Waals surface area contributed by atoms with Crippen LogP contribution in [0.2, 0.25) is 0 Å². The Hall–Kier alpha value is -0.610. The maximum Gasteiger partial charge on any atom is 0.248 e. The smallest absolute Gasteiger partial charge is 0.248 e. The molecule has 0 radical (unpaired) electrons. The van der Waals surface area contributed by atoms with E-state index in [0.717, 1.165) is 22.1 Å². The van der Waals surface area contributed by atoms with Gasteiger partial charge in [-0.2, -0.15) is 4.99 Å². The minimum absolute atomic E-state index is 0.0504. The van der Waals surface area contributed by atoms with Crippen LogP contribution in [-0.4, -0.2) is 42.3 Å². The molecule has 0 aromatic heterocycles. The first-order valence-corrected chi connectivity index (χ1v) is 11.7. The normalized spacial score (nSPS) is 26.8. The lowest BCUT2D eigenvalue weighted by Crippen LogP contribution is -2.37. The SMILES string of the molecule is CCCCC(=O)N=C1S[C@H]2CS(=O)(=O)C[C@@H]2N1c1cccc(I)c1. The fourth-order valence-electron chi connectivity index (χ4n) is 2.98. The molecule has 0 aliphatic carbocycles. The van der Waals surface area contributed by atoms with E-state index in [1.165, 1.54) is 11.8 Å². The molecule has 1 aromatic carbocycles. The van der Waals surface area contributed by atoms with Crippen molar-refractivity contribution in [3.8, 4) is 0 Å². The van der Waals surface area contributed by atoms with E-state index in [-0.39, 0.29) is 28.7 Å². The van der Waals surface area contributed by atoms with Crippen LogP contribution in [0.4, 0.5) is 5.69 Å². The monoisotopic (exact) mass is 478 g/mol. The number of carbonyl (C=O) groups is 1. The summed E-state index contributed by atoms with van der Waals surface area (Å²) in [6, 6.07) is 7.73. The van der Waals surface area contributed by atoms with Crippen LogP contribution >= 0.6 is 34.4 Å². The standard InChI is InChI=1S/C16H19IN2O3S2/c1-2-3-7-15(20)18-16-19(12-6-4-5-11(17)8-12)13-9-24(21,22)10-14(13)23-16/h4-6,8,13-14H,2-3,7,9-10H2,1H3/t13-,14-/m0/s1. The lowest BCUT2D eigenvalue weighted by molar-refractivity contribution is -0.117. The Morgan fingerprint density at radius 2 is 2.21 bits per heavy atom. The van der Waals surface area contributed by atoms with Crippen molar-refractivity contribution in [1.29, 1.82) is 0 Å². The van der Waals surface area contributed by atoms with Crippen molar-refractivity contribution < 1.29 is 13.2 Å². The molecule has 0 unspecified atom stereocenters. The molecule has 0 N–H and O–H groups in total. The van der Waals surface area contributed by atoms with Crippen LogP contribution in [0.3, 0.4) is 0 Å². The van der Waals surface area contributed by atoms with Gasteiger partial charge < -0.3 is 4.90 Å². The molecule has 2 fully saturated rings. The number of halogens is 1. The quantitative estimate of drug-likeness (QED) is 0.623. The third-order valence-electron chi connectivity index (χ3n) is 4.12. The van der Waals surface area contributed by atoms with Gasteiger partial charge in [0.2, 0.25) is 5.91 Å². The second-order valence-corrected chi connectivity index (χ2v) is 10.6. The first-order chi connectivity index (χ1) is 11.4. The van der Waals surface area contributed by atoms with Crippen LogP contribution < -0.4 is 4.90 Å². The molecule has 3 rings (SSSR count). The molecule has 8 heteroatoms. The number of amidine groups is 1. The second-order valence-electron chi connectivity index (χ2n) is 6.04. The van der Waals surface area contributed by atoms with Gasteiger partial charge >= 0.3 is 0 Å². The topological polar surface area (TPSA) is 66.8 Å². The molecule has 130 valence electrons. The van der Waals surface area contributed by atoms with Crippen molar-refractivity contribution >= 4 is 61.0 Å². The number of carbonyl (C=O) groups excluding carboxylic acids is 1. The van der Waals surface area contributed by atoms with Gasteiger partial charge in [-0.15, -0.1) is 0 Å². The maximum absolute atomic E-state index is 12.1. The summed E-state index contributed by atoms with van der Waals surface area (Å²) in [4.78, 5) is 18.4. The van der Waals surface area contributed by atoms with E-state index >= 15 is 0 Å². The molecule has 2 atom stereocenters. The summed E-state index contributed by atoms with van der Waals surface area (Å²) in [5.41, 5.74) is 0.904. The molecule has 1 amide bonds. The number of anilines is 1. The molecule has 2 aliphatic rings. The first-order valence-electron chi connectivity index (χ1n) is 7.93. The highest BCUT2D eigenvalue weighted by atomic mass is 127. The van der Waals surface area contributed by atoms with Crippen LogP contribution in [0.1, 0.15) is 26.2 Å². The van der Waals surface area contributed by atoms with Crippen LogP contribution in [-0.2, 0) is 14.6 Å². The zero-order valence-electron chi connectivity index (χ0n) is 13.3. The van der Waals surface area contributed by atoms with Gasteiger partial charge in [-0.3, -0.25) is 4.79 Å². The highest BCUT2D eigenvalue weighted by Crippen LogP contribution is 2.41. The fourth-order valence-corrected chi connectivity index (χ4v) is 7.44. The molecule has 24 heavy (non-hydrogen) atoms. The number of hydrogen-bond acceptors (Lipinski definition) is 4. The Kier molecular flexibility index (Phi) is 5.55. The molecule has 2 heterocycles. The van der Waals surface area contributed by atoms with Crippen molar-refractivity contribution in [2.75, 3.05) is 16.4 Å². The second kappa shape index (κ2) is 7.33. The summed E-state index contributed by atoms with van der Waals surface area (Å²) in [5, 5.41) is 0.591. The lowest BCUT2D eigenvalue weighted by Gasteiger charge is -2.24. The van der Waals surface area contributed by atoms with Crippen LogP contribution in [0.15, 0.2) is 29.3 Å². The summed E-state index contributed by atoms with van der Waals surface area (Å²) in [6.07, 6.45) is 2.22. The highest BCUT2D eigenvalue weighted by molar-refractivity contribution is 14.1. The molecule has 0 spiro atoms. The lowest BCUT2D eigenvalue weighted by atomic mass is 10.2. The number of aliphatic imine (C=N–C) groups is 1. The molecule has 5 nitrogen and oxygen atoms in total. The van der Waals surface area contributed by atoms with E-state index < -0.39 is 9.84 Å². The van der Waals surface area contributed by atoms with Gasteiger partial charge in [0.05, 0.1) is 17.5 Å². The summed E-state index contributed by atoms with van der Waals surface area (Å²) in [5.74, 6) is 0.154.